The van der Waals surface area contributed by atoms with Gasteiger partial charge in [-0.1, -0.05) is 13.8 Å². The van der Waals surface area contributed by atoms with Crippen molar-refractivity contribution < 1.29 is 48.5 Å². The molecule has 0 aromatic heterocycles. The predicted molar refractivity (Wildman–Crippen MR) is 219 cm³/mol. The molecule has 0 saturated carbocycles. The van der Waals surface area contributed by atoms with Crippen molar-refractivity contribution in [2.45, 2.75) is 90.3 Å². The van der Waals surface area contributed by atoms with Gasteiger partial charge >= 0.3 is 0 Å². The van der Waals surface area contributed by atoms with E-state index >= 15 is 0 Å². The number of nitrogens with one attached hydrogen (secondary N) is 5. The van der Waals surface area contributed by atoms with Crippen molar-refractivity contribution in [3.8, 4) is 0 Å². The Kier molecular flexibility index (Phi) is 38.4. The third kappa shape index (κ3) is 36.0. The molecular weight excluding hydrogens is 726 g/mol. The van der Waals surface area contributed by atoms with E-state index in [-0.39, 0.29) is 5.91 Å². The van der Waals surface area contributed by atoms with Gasteiger partial charge in [0.05, 0.1) is 52.9 Å². The molecule has 0 aromatic rings. The standard InChI is InChI=1S/C39H83N7O10/c1-3-45(4-2)20-12-38(49)43-16-8-26-53-30-34-55-32-28-51-24-6-14-41-36(47)10-5-11-37(48)42-15-7-25-52-29-33-56-35-31-54-27-9-17-44-39(50)13-21-46-22-18-40-19-23-46/h36-38,40-43,47-49H,3-35H2,1-2H3,(H,44,50). The minimum atomic E-state index is -0.610. The summed E-state index contributed by atoms with van der Waals surface area (Å²) in [5.41, 5.74) is 0. The Hall–Kier alpha value is -1.13. The Bertz CT molecular complexity index is 835. The van der Waals surface area contributed by atoms with E-state index in [1.807, 2.05) is 0 Å². The number of ether oxygens (including phenoxy) is 6. The zero-order valence-electron chi connectivity index (χ0n) is 35.2. The minimum absolute atomic E-state index is 0.0987. The molecule has 8 N–H and O–H groups in total. The van der Waals surface area contributed by atoms with Crippen molar-refractivity contribution in [2.24, 2.45) is 0 Å². The maximum atomic E-state index is 11.9. The molecule has 1 aliphatic rings. The highest BCUT2D eigenvalue weighted by molar-refractivity contribution is 5.76. The SMILES string of the molecule is CCN(CC)CCC(O)NCCCOCCOCCOCCCNC(O)CCCC(O)NCCCOCCOCCOCCCNC(=O)CCN1CCNCC1. The van der Waals surface area contributed by atoms with Crippen LogP contribution in [-0.2, 0) is 33.2 Å². The molecule has 0 aromatic carbocycles. The van der Waals surface area contributed by atoms with Gasteiger partial charge in [0, 0.05) is 78.7 Å². The number of nitrogens with zero attached hydrogens (tertiary/aromatic N) is 2. The highest BCUT2D eigenvalue weighted by Gasteiger charge is 2.11. The molecule has 17 nitrogen and oxygen atoms in total. The first kappa shape index (κ1) is 52.9. The molecule has 0 spiro atoms. The first-order chi connectivity index (χ1) is 27.4. The third-order valence-electron chi connectivity index (χ3n) is 9.24. The summed E-state index contributed by atoms with van der Waals surface area (Å²) in [7, 11) is 0. The van der Waals surface area contributed by atoms with Crippen molar-refractivity contribution in [3.05, 3.63) is 0 Å². The van der Waals surface area contributed by atoms with Gasteiger partial charge in [0.2, 0.25) is 5.91 Å². The lowest BCUT2D eigenvalue weighted by atomic mass is 10.2. The number of hydrogen-bond donors (Lipinski definition) is 8. The van der Waals surface area contributed by atoms with Crippen LogP contribution >= 0.6 is 0 Å². The van der Waals surface area contributed by atoms with E-state index in [0.717, 1.165) is 91.0 Å². The number of aliphatic hydroxyl groups excluding tert-OH is 3. The summed E-state index contributed by atoms with van der Waals surface area (Å²) in [5, 5.41) is 45.9. The molecule has 56 heavy (non-hydrogen) atoms. The van der Waals surface area contributed by atoms with Crippen LogP contribution in [0.3, 0.4) is 0 Å². The average Bonchev–Trinajstić information content (AvgIpc) is 3.20. The van der Waals surface area contributed by atoms with Gasteiger partial charge in [0.15, 0.2) is 0 Å². The highest BCUT2D eigenvalue weighted by atomic mass is 16.5. The molecule has 3 atom stereocenters. The topological polar surface area (TPSA) is 200 Å². The first-order valence-electron chi connectivity index (χ1n) is 21.6. The summed E-state index contributed by atoms with van der Waals surface area (Å²) < 4.78 is 33.4. The Morgan fingerprint density at radius 1 is 0.589 bits per heavy atom. The van der Waals surface area contributed by atoms with E-state index in [1.54, 1.807) is 0 Å². The fourth-order valence-corrected chi connectivity index (χ4v) is 5.75. The monoisotopic (exact) mass is 810 g/mol. The van der Waals surface area contributed by atoms with Gasteiger partial charge in [0.1, 0.15) is 18.7 Å². The summed E-state index contributed by atoms with van der Waals surface area (Å²) in [6.45, 7) is 21.1. The second kappa shape index (κ2) is 40.6. The van der Waals surface area contributed by atoms with Crippen molar-refractivity contribution in [2.75, 3.05) is 158 Å². The average molecular weight is 810 g/mol. The molecule has 1 amide bonds. The minimum Gasteiger partial charge on any atom is -0.379 e. The van der Waals surface area contributed by atoms with Gasteiger partial charge in [-0.2, -0.15) is 0 Å². The number of rotatable bonds is 43. The molecule has 1 rings (SSSR count). The second-order valence-corrected chi connectivity index (χ2v) is 13.9. The highest BCUT2D eigenvalue weighted by Crippen LogP contribution is 2.02. The van der Waals surface area contributed by atoms with E-state index in [0.29, 0.717) is 125 Å². The summed E-state index contributed by atoms with van der Waals surface area (Å²) in [5.74, 6) is 0.0987. The summed E-state index contributed by atoms with van der Waals surface area (Å²) >= 11 is 0. The van der Waals surface area contributed by atoms with E-state index in [4.69, 9.17) is 28.4 Å². The largest absolute Gasteiger partial charge is 0.379 e. The van der Waals surface area contributed by atoms with Crippen molar-refractivity contribution in [3.63, 3.8) is 0 Å². The molecule has 334 valence electrons. The summed E-state index contributed by atoms with van der Waals surface area (Å²) in [4.78, 5) is 16.6. The van der Waals surface area contributed by atoms with E-state index < -0.39 is 18.7 Å². The van der Waals surface area contributed by atoms with Crippen molar-refractivity contribution in [1.82, 2.24) is 36.4 Å². The maximum Gasteiger partial charge on any atom is 0.221 e. The normalized spacial score (nSPS) is 15.4. The predicted octanol–water partition coefficient (Wildman–Crippen LogP) is -0.316. The van der Waals surface area contributed by atoms with Gasteiger partial charge in [-0.25, -0.2) is 0 Å². The Labute approximate surface area is 338 Å². The Morgan fingerprint density at radius 3 is 1.41 bits per heavy atom. The van der Waals surface area contributed by atoms with E-state index in [1.165, 1.54) is 0 Å². The molecule has 17 heteroatoms. The maximum absolute atomic E-state index is 11.9. The molecular formula is C39H83N7O10. The Balaban J connectivity index is 1.73. The number of aliphatic hydroxyl groups is 3. The van der Waals surface area contributed by atoms with Crippen LogP contribution in [0.5, 0.6) is 0 Å². The van der Waals surface area contributed by atoms with E-state index in [9.17, 15) is 20.1 Å². The molecule has 0 radical (unpaired) electrons. The van der Waals surface area contributed by atoms with Crippen molar-refractivity contribution in [1.29, 1.82) is 0 Å². The molecule has 3 unspecified atom stereocenters. The number of amides is 1. The third-order valence-corrected chi connectivity index (χ3v) is 9.24. The fraction of sp³-hybridized carbons (Fsp3) is 0.974. The van der Waals surface area contributed by atoms with Crippen LogP contribution < -0.4 is 26.6 Å². The molecule has 0 aliphatic carbocycles. The van der Waals surface area contributed by atoms with Crippen LogP contribution in [0.25, 0.3) is 0 Å². The van der Waals surface area contributed by atoms with Gasteiger partial charge < -0.3 is 64.2 Å². The van der Waals surface area contributed by atoms with Crippen LogP contribution in [0, 0.1) is 0 Å². The van der Waals surface area contributed by atoms with E-state index in [2.05, 4.69) is 50.2 Å². The van der Waals surface area contributed by atoms with Gasteiger partial charge in [-0.15, -0.1) is 0 Å². The van der Waals surface area contributed by atoms with Gasteiger partial charge in [-0.05, 0) is 84.1 Å². The van der Waals surface area contributed by atoms with Gasteiger partial charge in [0.25, 0.3) is 0 Å². The Morgan fingerprint density at radius 2 is 0.982 bits per heavy atom. The molecule has 1 fully saturated rings. The van der Waals surface area contributed by atoms with Crippen LogP contribution in [0.1, 0.15) is 71.6 Å². The number of carbonyl (C=O) groups is 1. The van der Waals surface area contributed by atoms with Gasteiger partial charge in [-0.3, -0.25) is 20.7 Å². The summed E-state index contributed by atoms with van der Waals surface area (Å²) in [6, 6.07) is 0. The second-order valence-electron chi connectivity index (χ2n) is 13.9. The quantitative estimate of drug-likeness (QED) is 0.0295. The zero-order valence-corrected chi connectivity index (χ0v) is 35.2. The molecule has 1 saturated heterocycles. The molecule has 1 heterocycles. The lowest BCUT2D eigenvalue weighted by Gasteiger charge is -2.26. The van der Waals surface area contributed by atoms with Crippen LogP contribution in [0.4, 0.5) is 0 Å². The fourth-order valence-electron chi connectivity index (χ4n) is 5.75. The van der Waals surface area contributed by atoms with Crippen molar-refractivity contribution >= 4 is 5.91 Å². The smallest absolute Gasteiger partial charge is 0.221 e. The first-order valence-corrected chi connectivity index (χ1v) is 21.6. The van der Waals surface area contributed by atoms with Crippen LogP contribution in [-0.4, -0.2) is 208 Å². The summed E-state index contributed by atoms with van der Waals surface area (Å²) in [6.07, 6.45) is 4.58. The molecule has 1 aliphatic heterocycles. The number of piperazine rings is 1. The van der Waals surface area contributed by atoms with Crippen LogP contribution in [0.15, 0.2) is 0 Å². The lowest BCUT2D eigenvalue weighted by molar-refractivity contribution is -0.121. The molecule has 0 bridgehead atoms. The zero-order chi connectivity index (χ0) is 40.6. The lowest BCUT2D eigenvalue weighted by Crippen LogP contribution is -2.44. The van der Waals surface area contributed by atoms with Crippen LogP contribution in [0.2, 0.25) is 0 Å². The number of hydrogen-bond acceptors (Lipinski definition) is 16. The number of carbonyl (C=O) groups excluding carboxylic acids is 1.